The maximum atomic E-state index is 5.32. The molecular weight excluding hydrogens is 226 g/mol. The summed E-state index contributed by atoms with van der Waals surface area (Å²) in [7, 11) is 3.35. The van der Waals surface area contributed by atoms with E-state index in [1.54, 1.807) is 14.2 Å². The maximum Gasteiger partial charge on any atom is 0.127 e. The van der Waals surface area contributed by atoms with Crippen LogP contribution in [-0.2, 0) is 6.54 Å². The standard InChI is InChI=1S/C12H17NO2.ClH/c1-14-11-6-3-9(12(7-11)15-2)8-13-10-4-5-10;/h3,6-7,10,13H,4-5,8H2,1-2H3;1H. The molecule has 1 saturated carbocycles. The second-order valence-electron chi connectivity index (χ2n) is 3.83. The van der Waals surface area contributed by atoms with Crippen LogP contribution in [0.1, 0.15) is 18.4 Å². The van der Waals surface area contributed by atoms with E-state index >= 15 is 0 Å². The fourth-order valence-electron chi connectivity index (χ4n) is 1.54. The van der Waals surface area contributed by atoms with E-state index in [1.165, 1.54) is 18.4 Å². The molecule has 16 heavy (non-hydrogen) atoms. The van der Waals surface area contributed by atoms with Gasteiger partial charge in [0.1, 0.15) is 11.5 Å². The van der Waals surface area contributed by atoms with E-state index in [1.807, 2.05) is 18.2 Å². The second kappa shape index (κ2) is 5.97. The summed E-state index contributed by atoms with van der Waals surface area (Å²) in [5.74, 6) is 1.73. The van der Waals surface area contributed by atoms with Crippen molar-refractivity contribution < 1.29 is 9.47 Å². The molecule has 1 aliphatic carbocycles. The smallest absolute Gasteiger partial charge is 0.127 e. The van der Waals surface area contributed by atoms with Crippen LogP contribution in [0.3, 0.4) is 0 Å². The quantitative estimate of drug-likeness (QED) is 0.862. The van der Waals surface area contributed by atoms with Gasteiger partial charge in [0.2, 0.25) is 0 Å². The van der Waals surface area contributed by atoms with Gasteiger partial charge in [0.25, 0.3) is 0 Å². The van der Waals surface area contributed by atoms with Gasteiger partial charge in [-0.1, -0.05) is 6.07 Å². The molecule has 1 N–H and O–H groups in total. The number of ether oxygens (including phenoxy) is 2. The fraction of sp³-hybridized carbons (Fsp3) is 0.500. The minimum absolute atomic E-state index is 0. The van der Waals surface area contributed by atoms with E-state index < -0.39 is 0 Å². The third-order valence-corrected chi connectivity index (χ3v) is 2.65. The molecule has 0 heterocycles. The first-order valence-electron chi connectivity index (χ1n) is 5.28. The van der Waals surface area contributed by atoms with E-state index in [0.29, 0.717) is 0 Å². The molecule has 0 spiro atoms. The summed E-state index contributed by atoms with van der Waals surface area (Å²) in [6.45, 7) is 0.873. The Morgan fingerprint density at radius 2 is 2.00 bits per heavy atom. The van der Waals surface area contributed by atoms with Gasteiger partial charge in [-0.15, -0.1) is 12.4 Å². The largest absolute Gasteiger partial charge is 0.497 e. The van der Waals surface area contributed by atoms with Crippen molar-refractivity contribution in [2.45, 2.75) is 25.4 Å². The van der Waals surface area contributed by atoms with E-state index in [0.717, 1.165) is 24.1 Å². The lowest BCUT2D eigenvalue weighted by Gasteiger charge is -2.10. The zero-order chi connectivity index (χ0) is 10.7. The zero-order valence-electron chi connectivity index (χ0n) is 9.66. The monoisotopic (exact) mass is 243 g/mol. The topological polar surface area (TPSA) is 30.5 Å². The molecule has 90 valence electrons. The minimum atomic E-state index is 0. The van der Waals surface area contributed by atoms with Crippen molar-refractivity contribution in [1.29, 1.82) is 0 Å². The second-order valence-corrected chi connectivity index (χ2v) is 3.83. The predicted molar refractivity (Wildman–Crippen MR) is 66.7 cm³/mol. The molecule has 0 atom stereocenters. The molecule has 0 bridgehead atoms. The van der Waals surface area contributed by atoms with Gasteiger partial charge in [-0.05, 0) is 18.9 Å². The Labute approximate surface area is 103 Å². The highest BCUT2D eigenvalue weighted by Gasteiger charge is 2.20. The van der Waals surface area contributed by atoms with Crippen molar-refractivity contribution in [3.05, 3.63) is 23.8 Å². The van der Waals surface area contributed by atoms with Crippen molar-refractivity contribution in [1.82, 2.24) is 5.32 Å². The molecule has 0 unspecified atom stereocenters. The summed E-state index contributed by atoms with van der Waals surface area (Å²) >= 11 is 0. The number of methoxy groups -OCH3 is 2. The fourth-order valence-corrected chi connectivity index (χ4v) is 1.54. The SMILES string of the molecule is COc1ccc(CNC2CC2)c(OC)c1.Cl. The average molecular weight is 244 g/mol. The Bertz CT molecular complexity index is 340. The van der Waals surface area contributed by atoms with Crippen molar-refractivity contribution in [2.24, 2.45) is 0 Å². The molecule has 2 rings (SSSR count). The molecule has 0 radical (unpaired) electrons. The Hall–Kier alpha value is -0.930. The first-order valence-corrected chi connectivity index (χ1v) is 5.28. The lowest BCUT2D eigenvalue weighted by Crippen LogP contribution is -2.15. The number of halogens is 1. The van der Waals surface area contributed by atoms with Crippen LogP contribution < -0.4 is 14.8 Å². The summed E-state index contributed by atoms with van der Waals surface area (Å²) in [5.41, 5.74) is 1.19. The van der Waals surface area contributed by atoms with Gasteiger partial charge in [0.15, 0.2) is 0 Å². The number of hydrogen-bond acceptors (Lipinski definition) is 3. The summed E-state index contributed by atoms with van der Waals surface area (Å²) in [5, 5.41) is 3.46. The summed E-state index contributed by atoms with van der Waals surface area (Å²) in [6, 6.07) is 6.65. The zero-order valence-corrected chi connectivity index (χ0v) is 10.5. The van der Waals surface area contributed by atoms with E-state index in [2.05, 4.69) is 5.32 Å². The van der Waals surface area contributed by atoms with E-state index in [9.17, 15) is 0 Å². The predicted octanol–water partition coefficient (Wildman–Crippen LogP) is 2.38. The molecule has 0 aromatic heterocycles. The van der Waals surface area contributed by atoms with Crippen LogP contribution in [0.4, 0.5) is 0 Å². The van der Waals surface area contributed by atoms with E-state index in [4.69, 9.17) is 9.47 Å². The molecule has 0 saturated heterocycles. The lowest BCUT2D eigenvalue weighted by atomic mass is 10.2. The van der Waals surface area contributed by atoms with Crippen LogP contribution in [0.5, 0.6) is 11.5 Å². The first kappa shape index (κ1) is 13.1. The third kappa shape index (κ3) is 3.29. The van der Waals surface area contributed by atoms with Crippen LogP contribution in [0.2, 0.25) is 0 Å². The molecule has 1 aliphatic rings. The van der Waals surface area contributed by atoms with Crippen LogP contribution in [0.25, 0.3) is 0 Å². The molecule has 3 nitrogen and oxygen atoms in total. The highest BCUT2D eigenvalue weighted by Crippen LogP contribution is 2.26. The third-order valence-electron chi connectivity index (χ3n) is 2.65. The molecule has 0 aliphatic heterocycles. The van der Waals surface area contributed by atoms with Crippen LogP contribution >= 0.6 is 12.4 Å². The van der Waals surface area contributed by atoms with Crippen LogP contribution in [0.15, 0.2) is 18.2 Å². The van der Waals surface area contributed by atoms with Crippen molar-refractivity contribution >= 4 is 12.4 Å². The van der Waals surface area contributed by atoms with Crippen molar-refractivity contribution in [3.63, 3.8) is 0 Å². The number of benzene rings is 1. The molecule has 1 fully saturated rings. The van der Waals surface area contributed by atoms with Gasteiger partial charge in [0, 0.05) is 24.2 Å². The number of hydrogen-bond donors (Lipinski definition) is 1. The van der Waals surface area contributed by atoms with Crippen molar-refractivity contribution in [3.8, 4) is 11.5 Å². The average Bonchev–Trinajstić information content (AvgIpc) is 3.10. The Kier molecular flexibility index (Phi) is 4.90. The molecule has 4 heteroatoms. The number of nitrogens with one attached hydrogen (secondary N) is 1. The summed E-state index contributed by atoms with van der Waals surface area (Å²) in [4.78, 5) is 0. The maximum absolute atomic E-state index is 5.32. The van der Waals surface area contributed by atoms with Crippen LogP contribution in [0, 0.1) is 0 Å². The Balaban J connectivity index is 0.00000128. The summed E-state index contributed by atoms with van der Waals surface area (Å²) < 4.78 is 10.5. The van der Waals surface area contributed by atoms with Crippen molar-refractivity contribution in [2.75, 3.05) is 14.2 Å². The van der Waals surface area contributed by atoms with Gasteiger partial charge in [-0.3, -0.25) is 0 Å². The van der Waals surface area contributed by atoms with Gasteiger partial charge in [-0.25, -0.2) is 0 Å². The molecule has 1 aromatic carbocycles. The molecule has 1 aromatic rings. The normalized spacial score (nSPS) is 14.1. The van der Waals surface area contributed by atoms with Gasteiger partial charge < -0.3 is 14.8 Å². The van der Waals surface area contributed by atoms with Crippen LogP contribution in [-0.4, -0.2) is 20.3 Å². The van der Waals surface area contributed by atoms with E-state index in [-0.39, 0.29) is 12.4 Å². The van der Waals surface area contributed by atoms with Gasteiger partial charge in [-0.2, -0.15) is 0 Å². The Morgan fingerprint density at radius 3 is 2.56 bits per heavy atom. The number of rotatable bonds is 5. The lowest BCUT2D eigenvalue weighted by molar-refractivity contribution is 0.390. The van der Waals surface area contributed by atoms with Gasteiger partial charge >= 0.3 is 0 Å². The van der Waals surface area contributed by atoms with Gasteiger partial charge in [0.05, 0.1) is 14.2 Å². The highest BCUT2D eigenvalue weighted by molar-refractivity contribution is 5.85. The molecule has 0 amide bonds. The molecular formula is C12H18ClNO2. The first-order chi connectivity index (χ1) is 7.33. The summed E-state index contributed by atoms with van der Waals surface area (Å²) in [6.07, 6.45) is 2.61. The highest BCUT2D eigenvalue weighted by atomic mass is 35.5. The minimum Gasteiger partial charge on any atom is -0.497 e. The Morgan fingerprint density at radius 1 is 1.25 bits per heavy atom.